The topological polar surface area (TPSA) is 141 Å². The maximum absolute atomic E-state index is 14.6. The first-order valence-electron chi connectivity index (χ1n) is 11.4. The molecule has 3 rings (SSSR count). The molecule has 2 aromatic rings. The van der Waals surface area contributed by atoms with Gasteiger partial charge in [-0.15, -0.1) is 0 Å². The molecule has 1 amide bonds. The largest absolute Gasteiger partial charge is 0.488 e. The van der Waals surface area contributed by atoms with Crippen molar-refractivity contribution in [1.82, 2.24) is 5.32 Å². The summed E-state index contributed by atoms with van der Waals surface area (Å²) < 4.78 is 30.0. The quantitative estimate of drug-likeness (QED) is 0.208. The zero-order valence-electron chi connectivity index (χ0n) is 20.4. The van der Waals surface area contributed by atoms with Crippen molar-refractivity contribution >= 4 is 23.7 Å². The van der Waals surface area contributed by atoms with E-state index < -0.39 is 41.9 Å². The fourth-order valence-corrected chi connectivity index (χ4v) is 3.57. The molecule has 0 aliphatic carbocycles. The molecule has 4 N–H and O–H groups in total. The number of nitrogens with one attached hydrogen (secondary N) is 2. The van der Waals surface area contributed by atoms with Gasteiger partial charge in [0.15, 0.2) is 11.6 Å². The first-order chi connectivity index (χ1) is 16.9. The predicted molar refractivity (Wildman–Crippen MR) is 130 cm³/mol. The van der Waals surface area contributed by atoms with Crippen LogP contribution in [0.25, 0.3) is 11.1 Å². The Morgan fingerprint density at radius 3 is 2.39 bits per heavy atom. The highest BCUT2D eigenvalue weighted by molar-refractivity contribution is 5.95. The van der Waals surface area contributed by atoms with E-state index >= 15 is 0 Å². The average Bonchev–Trinajstić information content (AvgIpc) is 3.16. The molecule has 1 aliphatic heterocycles. The zero-order chi connectivity index (χ0) is 26.5. The van der Waals surface area contributed by atoms with Gasteiger partial charge in [0, 0.05) is 5.56 Å². The number of hydrogen-bond donors (Lipinski definition) is 3. The van der Waals surface area contributed by atoms with Gasteiger partial charge in [0.1, 0.15) is 12.4 Å². The van der Waals surface area contributed by atoms with Crippen LogP contribution in [-0.2, 0) is 23.9 Å². The van der Waals surface area contributed by atoms with Crippen LogP contribution in [0.3, 0.4) is 0 Å². The normalized spacial score (nSPS) is 17.3. The van der Waals surface area contributed by atoms with E-state index in [1.54, 1.807) is 51.1 Å². The van der Waals surface area contributed by atoms with Crippen molar-refractivity contribution in [3.8, 4) is 16.9 Å². The van der Waals surface area contributed by atoms with Gasteiger partial charge in [0.2, 0.25) is 12.7 Å². The molecule has 2 atom stereocenters. The smallest absolute Gasteiger partial charge is 0.314 e. The maximum atomic E-state index is 14.6. The Bertz CT molecular complexity index is 1140. The lowest BCUT2D eigenvalue weighted by Crippen LogP contribution is -2.31. The molecule has 1 heterocycles. The molecule has 192 valence electrons. The van der Waals surface area contributed by atoms with Crippen LogP contribution >= 0.6 is 0 Å². The first kappa shape index (κ1) is 26.7. The molecule has 2 aromatic carbocycles. The lowest BCUT2D eigenvalue weighted by Gasteiger charge is -2.16. The molecule has 0 unspecified atom stereocenters. The van der Waals surface area contributed by atoms with Gasteiger partial charge in [0.05, 0.1) is 23.8 Å². The molecule has 0 radical (unpaired) electrons. The van der Waals surface area contributed by atoms with Gasteiger partial charge in [-0.2, -0.15) is 0 Å². The van der Waals surface area contributed by atoms with Crippen molar-refractivity contribution in [2.45, 2.75) is 39.7 Å². The molecule has 1 aliphatic rings. The molecule has 1 saturated heterocycles. The standard InChI is InChI=1S/C26H30FN3O6/c1-26(2,3)25(33)36-14-35-22(31)12-18-10-19(30-24(18)32)13-34-21-9-8-17(11-20(21)27)15-4-6-16(7-5-15)23(28)29/h4-9,11,18-19H,10,12-14H2,1-3H3,(H3,28,29)(H,30,32)/t18-,19-/m0/s1. The highest BCUT2D eigenvalue weighted by Gasteiger charge is 2.34. The lowest BCUT2D eigenvalue weighted by atomic mass is 9.98. The van der Waals surface area contributed by atoms with Crippen LogP contribution < -0.4 is 15.8 Å². The summed E-state index contributed by atoms with van der Waals surface area (Å²) in [5.41, 5.74) is 6.71. The van der Waals surface area contributed by atoms with Gasteiger partial charge in [0.25, 0.3) is 0 Å². The molecule has 9 nitrogen and oxygen atoms in total. The molecule has 1 fully saturated rings. The summed E-state index contributed by atoms with van der Waals surface area (Å²) in [6, 6.07) is 11.0. The lowest BCUT2D eigenvalue weighted by molar-refractivity contribution is -0.173. The van der Waals surface area contributed by atoms with Gasteiger partial charge < -0.3 is 25.3 Å². The summed E-state index contributed by atoms with van der Waals surface area (Å²) in [5.74, 6) is -2.66. The van der Waals surface area contributed by atoms with E-state index in [9.17, 15) is 18.8 Å². The number of benzene rings is 2. The van der Waals surface area contributed by atoms with Crippen LogP contribution in [0.4, 0.5) is 4.39 Å². The monoisotopic (exact) mass is 499 g/mol. The zero-order valence-corrected chi connectivity index (χ0v) is 20.4. The Hall–Kier alpha value is -3.95. The molecule has 0 saturated carbocycles. The fraction of sp³-hybridized carbons (Fsp3) is 0.385. The van der Waals surface area contributed by atoms with Gasteiger partial charge >= 0.3 is 11.9 Å². The van der Waals surface area contributed by atoms with Crippen molar-refractivity contribution in [3.63, 3.8) is 0 Å². The van der Waals surface area contributed by atoms with Gasteiger partial charge in [-0.25, -0.2) is 4.39 Å². The van der Waals surface area contributed by atoms with Crippen molar-refractivity contribution in [1.29, 1.82) is 5.41 Å². The average molecular weight is 500 g/mol. The Morgan fingerprint density at radius 1 is 1.11 bits per heavy atom. The second-order valence-corrected chi connectivity index (χ2v) is 9.61. The fourth-order valence-electron chi connectivity index (χ4n) is 3.57. The van der Waals surface area contributed by atoms with Crippen LogP contribution in [0.2, 0.25) is 0 Å². The number of hydrogen-bond acceptors (Lipinski definition) is 7. The number of rotatable bonds is 9. The highest BCUT2D eigenvalue weighted by Crippen LogP contribution is 2.27. The Balaban J connectivity index is 1.47. The summed E-state index contributed by atoms with van der Waals surface area (Å²) in [4.78, 5) is 35.9. The van der Waals surface area contributed by atoms with E-state index in [2.05, 4.69) is 5.32 Å². The number of carbonyl (C=O) groups excluding carboxylic acids is 3. The van der Waals surface area contributed by atoms with E-state index in [-0.39, 0.29) is 30.5 Å². The molecule has 0 bridgehead atoms. The summed E-state index contributed by atoms with van der Waals surface area (Å²) in [7, 11) is 0. The number of halogens is 1. The number of esters is 2. The third kappa shape index (κ3) is 7.03. The summed E-state index contributed by atoms with van der Waals surface area (Å²) in [6.07, 6.45) is 0.152. The summed E-state index contributed by atoms with van der Waals surface area (Å²) in [5, 5.41) is 10.2. The molecular weight excluding hydrogens is 469 g/mol. The number of amides is 1. The Kier molecular flexibility index (Phi) is 8.29. The van der Waals surface area contributed by atoms with E-state index in [1.165, 1.54) is 12.1 Å². The van der Waals surface area contributed by atoms with Crippen molar-refractivity contribution in [2.24, 2.45) is 17.1 Å². The SMILES string of the molecule is CC(C)(C)C(=O)OCOC(=O)C[C@@H]1C[C@@H](COc2ccc(-c3ccc(C(=N)N)cc3)cc2F)NC1=O. The minimum atomic E-state index is -0.716. The van der Waals surface area contributed by atoms with Gasteiger partial charge in [-0.3, -0.25) is 19.8 Å². The maximum Gasteiger partial charge on any atom is 0.314 e. The van der Waals surface area contributed by atoms with E-state index in [0.29, 0.717) is 17.5 Å². The first-order valence-corrected chi connectivity index (χ1v) is 11.4. The molecule has 36 heavy (non-hydrogen) atoms. The molecule has 0 spiro atoms. The predicted octanol–water partition coefficient (Wildman–Crippen LogP) is 3.14. The number of nitrogens with two attached hydrogens (primary N) is 1. The van der Waals surface area contributed by atoms with E-state index in [1.807, 2.05) is 0 Å². The van der Waals surface area contributed by atoms with Crippen LogP contribution in [0, 0.1) is 22.6 Å². The van der Waals surface area contributed by atoms with E-state index in [0.717, 1.165) is 5.56 Å². The molecule has 0 aromatic heterocycles. The van der Waals surface area contributed by atoms with Gasteiger partial charge in [-0.1, -0.05) is 30.3 Å². The minimum Gasteiger partial charge on any atom is -0.488 e. The van der Waals surface area contributed by atoms with Gasteiger partial charge in [-0.05, 0) is 50.5 Å². The molecular formula is C26H30FN3O6. The van der Waals surface area contributed by atoms with Crippen molar-refractivity contribution < 1.29 is 33.0 Å². The number of nitrogen functional groups attached to an aromatic ring is 1. The number of carbonyl (C=O) groups is 3. The Labute approximate surface area is 208 Å². The number of ether oxygens (including phenoxy) is 3. The third-order valence-corrected chi connectivity index (χ3v) is 5.62. The van der Waals surface area contributed by atoms with Crippen LogP contribution in [0.15, 0.2) is 42.5 Å². The Morgan fingerprint density at radius 2 is 1.78 bits per heavy atom. The van der Waals surface area contributed by atoms with Crippen molar-refractivity contribution in [2.75, 3.05) is 13.4 Å². The second-order valence-electron chi connectivity index (χ2n) is 9.61. The van der Waals surface area contributed by atoms with Crippen LogP contribution in [-0.4, -0.2) is 43.1 Å². The van der Waals surface area contributed by atoms with E-state index in [4.69, 9.17) is 25.4 Å². The number of amidine groups is 1. The van der Waals surface area contributed by atoms with Crippen LogP contribution in [0.1, 0.15) is 39.2 Å². The van der Waals surface area contributed by atoms with Crippen LogP contribution in [0.5, 0.6) is 5.75 Å². The summed E-state index contributed by atoms with van der Waals surface area (Å²) in [6.45, 7) is 4.56. The highest BCUT2D eigenvalue weighted by atomic mass is 19.1. The van der Waals surface area contributed by atoms with Crippen molar-refractivity contribution in [3.05, 3.63) is 53.8 Å². The summed E-state index contributed by atoms with van der Waals surface area (Å²) >= 11 is 0. The third-order valence-electron chi connectivity index (χ3n) is 5.62. The molecule has 10 heteroatoms. The second kappa shape index (κ2) is 11.2. The minimum absolute atomic E-state index is 0.0318.